The molecule has 0 radical (unpaired) electrons. The topological polar surface area (TPSA) is 36.4 Å². The molecule has 0 bridgehead atoms. The third kappa shape index (κ3) is 4.23. The van der Waals surface area contributed by atoms with Gasteiger partial charge in [0.05, 0.1) is 6.54 Å². The Balaban J connectivity index is 1.97. The minimum Gasteiger partial charge on any atom is -0.357 e. The van der Waals surface area contributed by atoms with Crippen molar-refractivity contribution >= 4 is 17.3 Å². The molecular formula is C16H27N3S. The third-order valence-electron chi connectivity index (χ3n) is 3.86. The highest BCUT2D eigenvalue weighted by atomic mass is 32.1. The number of nitrogens with one attached hydrogen (secondary N) is 2. The molecule has 1 aliphatic carbocycles. The molecule has 0 unspecified atom stereocenters. The van der Waals surface area contributed by atoms with Crippen LogP contribution in [-0.2, 0) is 5.41 Å². The molecule has 112 valence electrons. The van der Waals surface area contributed by atoms with E-state index in [1.165, 1.54) is 30.6 Å². The minimum absolute atomic E-state index is 0.103. The van der Waals surface area contributed by atoms with Gasteiger partial charge in [0.1, 0.15) is 0 Å². The van der Waals surface area contributed by atoms with E-state index >= 15 is 0 Å². The number of aliphatic imine (C=N–C) groups is 1. The fourth-order valence-corrected chi connectivity index (χ4v) is 3.45. The highest BCUT2D eigenvalue weighted by molar-refractivity contribution is 7.10. The van der Waals surface area contributed by atoms with Gasteiger partial charge in [-0.2, -0.15) is 0 Å². The van der Waals surface area contributed by atoms with Gasteiger partial charge in [0.2, 0.25) is 0 Å². The maximum absolute atomic E-state index is 4.81. The van der Waals surface area contributed by atoms with Gasteiger partial charge in [-0.15, -0.1) is 11.3 Å². The fraction of sp³-hybridized carbons (Fsp3) is 0.688. The summed E-state index contributed by atoms with van der Waals surface area (Å²) in [5.41, 5.74) is 0.103. The molecule has 0 spiro atoms. The lowest BCUT2D eigenvalue weighted by Gasteiger charge is -2.23. The van der Waals surface area contributed by atoms with E-state index in [1.807, 2.05) is 11.3 Å². The van der Waals surface area contributed by atoms with E-state index in [4.69, 9.17) is 4.99 Å². The smallest absolute Gasteiger partial charge is 0.191 e. The van der Waals surface area contributed by atoms with Crippen LogP contribution >= 0.6 is 11.3 Å². The van der Waals surface area contributed by atoms with Crippen LogP contribution in [0.1, 0.15) is 51.3 Å². The number of rotatable bonds is 5. The maximum atomic E-state index is 4.81. The molecule has 0 saturated heterocycles. The van der Waals surface area contributed by atoms with Crippen molar-refractivity contribution in [3.8, 4) is 0 Å². The van der Waals surface area contributed by atoms with Gasteiger partial charge >= 0.3 is 0 Å². The van der Waals surface area contributed by atoms with Crippen molar-refractivity contribution in [2.24, 2.45) is 4.99 Å². The summed E-state index contributed by atoms with van der Waals surface area (Å²) >= 11 is 1.82. The predicted molar refractivity (Wildman–Crippen MR) is 88.7 cm³/mol. The quantitative estimate of drug-likeness (QED) is 0.644. The molecule has 4 heteroatoms. The summed E-state index contributed by atoms with van der Waals surface area (Å²) in [7, 11) is 0. The number of nitrogens with zero attached hydrogens (tertiary/aromatic N) is 1. The summed E-state index contributed by atoms with van der Waals surface area (Å²) in [6.07, 6.45) is 5.24. The monoisotopic (exact) mass is 293 g/mol. The summed E-state index contributed by atoms with van der Waals surface area (Å²) < 4.78 is 0. The molecule has 3 nitrogen and oxygen atoms in total. The molecule has 2 rings (SSSR count). The Kier molecular flexibility index (Phi) is 5.46. The molecule has 0 atom stereocenters. The average Bonchev–Trinajstić information content (AvgIpc) is 3.09. The molecule has 0 amide bonds. The first-order valence-corrected chi connectivity index (χ1v) is 8.58. The lowest BCUT2D eigenvalue weighted by atomic mass is 9.92. The van der Waals surface area contributed by atoms with Gasteiger partial charge in [0.15, 0.2) is 5.96 Å². The van der Waals surface area contributed by atoms with Crippen LogP contribution in [-0.4, -0.2) is 25.1 Å². The van der Waals surface area contributed by atoms with Crippen LogP contribution in [0.15, 0.2) is 22.5 Å². The summed E-state index contributed by atoms with van der Waals surface area (Å²) in [5, 5.41) is 9.09. The van der Waals surface area contributed by atoms with E-state index in [2.05, 4.69) is 48.9 Å². The van der Waals surface area contributed by atoms with Gasteiger partial charge in [-0.25, -0.2) is 0 Å². The van der Waals surface area contributed by atoms with Crippen LogP contribution in [0, 0.1) is 0 Å². The zero-order valence-corrected chi connectivity index (χ0v) is 13.7. The van der Waals surface area contributed by atoms with Gasteiger partial charge < -0.3 is 10.6 Å². The molecule has 1 aliphatic rings. The Hall–Kier alpha value is -1.03. The van der Waals surface area contributed by atoms with Crippen LogP contribution in [0.4, 0.5) is 0 Å². The van der Waals surface area contributed by atoms with Crippen LogP contribution < -0.4 is 10.6 Å². The highest BCUT2D eigenvalue weighted by Crippen LogP contribution is 2.27. The molecule has 20 heavy (non-hydrogen) atoms. The van der Waals surface area contributed by atoms with Gasteiger partial charge in [-0.05, 0) is 31.2 Å². The van der Waals surface area contributed by atoms with Crippen molar-refractivity contribution in [1.29, 1.82) is 0 Å². The van der Waals surface area contributed by atoms with E-state index < -0.39 is 0 Å². The SMILES string of the molecule is CCNC(=NCC(C)(C)c1cccs1)NC1CCCC1. The summed E-state index contributed by atoms with van der Waals surface area (Å²) in [6, 6.07) is 4.93. The second-order valence-corrected chi connectivity index (χ2v) is 7.13. The number of hydrogen-bond acceptors (Lipinski definition) is 2. The Bertz CT molecular complexity index is 417. The van der Waals surface area contributed by atoms with Crippen LogP contribution in [0.5, 0.6) is 0 Å². The van der Waals surface area contributed by atoms with Crippen molar-refractivity contribution < 1.29 is 0 Å². The standard InChI is InChI=1S/C16H27N3S/c1-4-17-15(19-13-8-5-6-9-13)18-12-16(2,3)14-10-7-11-20-14/h7,10-11,13H,4-6,8-9,12H2,1-3H3,(H2,17,18,19). The van der Waals surface area contributed by atoms with E-state index in [1.54, 1.807) is 0 Å². The van der Waals surface area contributed by atoms with E-state index in [9.17, 15) is 0 Å². The first kappa shape index (κ1) is 15.4. The molecule has 1 aromatic heterocycles. The highest BCUT2D eigenvalue weighted by Gasteiger charge is 2.22. The lowest BCUT2D eigenvalue weighted by Crippen LogP contribution is -2.43. The van der Waals surface area contributed by atoms with E-state index in [0.29, 0.717) is 6.04 Å². The van der Waals surface area contributed by atoms with Crippen LogP contribution in [0.3, 0.4) is 0 Å². The predicted octanol–water partition coefficient (Wildman–Crippen LogP) is 3.52. The maximum Gasteiger partial charge on any atom is 0.191 e. The Morgan fingerprint density at radius 3 is 2.75 bits per heavy atom. The molecular weight excluding hydrogens is 266 g/mol. The molecule has 0 aromatic carbocycles. The molecule has 1 saturated carbocycles. The van der Waals surface area contributed by atoms with Gasteiger partial charge in [0.25, 0.3) is 0 Å². The molecule has 1 heterocycles. The van der Waals surface area contributed by atoms with Gasteiger partial charge in [-0.3, -0.25) is 4.99 Å². The Morgan fingerprint density at radius 2 is 2.15 bits per heavy atom. The largest absolute Gasteiger partial charge is 0.357 e. The zero-order valence-electron chi connectivity index (χ0n) is 12.9. The molecule has 1 fully saturated rings. The van der Waals surface area contributed by atoms with Gasteiger partial charge in [0, 0.05) is 22.9 Å². The summed E-state index contributed by atoms with van der Waals surface area (Å²) in [5.74, 6) is 0.976. The molecule has 0 aliphatic heterocycles. The van der Waals surface area contributed by atoms with Crippen molar-refractivity contribution in [3.05, 3.63) is 22.4 Å². The third-order valence-corrected chi connectivity index (χ3v) is 5.10. The van der Waals surface area contributed by atoms with E-state index in [0.717, 1.165) is 19.0 Å². The number of thiophene rings is 1. The minimum atomic E-state index is 0.103. The number of guanidine groups is 1. The second-order valence-electron chi connectivity index (χ2n) is 6.18. The summed E-state index contributed by atoms with van der Waals surface area (Å²) in [6.45, 7) is 8.38. The van der Waals surface area contributed by atoms with Crippen molar-refractivity contribution in [1.82, 2.24) is 10.6 Å². The molecule has 2 N–H and O–H groups in total. The van der Waals surface area contributed by atoms with Crippen LogP contribution in [0.2, 0.25) is 0 Å². The lowest BCUT2D eigenvalue weighted by molar-refractivity contribution is 0.543. The Labute approximate surface area is 126 Å². The Morgan fingerprint density at radius 1 is 1.40 bits per heavy atom. The van der Waals surface area contributed by atoms with E-state index in [-0.39, 0.29) is 5.41 Å². The first-order chi connectivity index (χ1) is 9.62. The second kappa shape index (κ2) is 7.11. The van der Waals surface area contributed by atoms with Crippen molar-refractivity contribution in [3.63, 3.8) is 0 Å². The summed E-state index contributed by atoms with van der Waals surface area (Å²) in [4.78, 5) is 6.21. The van der Waals surface area contributed by atoms with Gasteiger partial charge in [-0.1, -0.05) is 32.8 Å². The average molecular weight is 293 g/mol. The fourth-order valence-electron chi connectivity index (χ4n) is 2.60. The van der Waals surface area contributed by atoms with Crippen molar-refractivity contribution in [2.75, 3.05) is 13.1 Å². The first-order valence-electron chi connectivity index (χ1n) is 7.70. The normalized spacial score (nSPS) is 17.4. The molecule has 1 aromatic rings. The van der Waals surface area contributed by atoms with Crippen LogP contribution in [0.25, 0.3) is 0 Å². The zero-order chi connectivity index (χ0) is 14.4. The number of hydrogen-bond donors (Lipinski definition) is 2. The van der Waals surface area contributed by atoms with Crippen molar-refractivity contribution in [2.45, 2.75) is 57.9 Å².